The first-order valence-corrected chi connectivity index (χ1v) is 7.99. The fourth-order valence-electron chi connectivity index (χ4n) is 2.71. The Labute approximate surface area is 144 Å². The molecule has 3 aromatic rings. The number of carbonyl (C=O) groups excluding carboxylic acids is 1. The minimum atomic E-state index is -0.415. The van der Waals surface area contributed by atoms with Gasteiger partial charge in [0.25, 0.3) is 0 Å². The molecule has 2 aromatic carbocycles. The molecule has 0 aliphatic rings. The fraction of sp³-hybridized carbons (Fsp3) is 0.158. The van der Waals surface area contributed by atoms with Crippen LogP contribution in [0.4, 0.5) is 14.9 Å². The molecule has 0 radical (unpaired) electrons. The molecule has 6 heteroatoms. The topological polar surface area (TPSA) is 65.2 Å². The van der Waals surface area contributed by atoms with Crippen LogP contribution in [0.1, 0.15) is 12.5 Å². The van der Waals surface area contributed by atoms with Crippen LogP contribution in [0.2, 0.25) is 0 Å². The molecule has 0 spiro atoms. The van der Waals surface area contributed by atoms with Gasteiger partial charge in [0.05, 0.1) is 0 Å². The van der Waals surface area contributed by atoms with Crippen molar-refractivity contribution < 1.29 is 9.18 Å². The number of anilines is 1. The summed E-state index contributed by atoms with van der Waals surface area (Å²) in [5.74, 6) is -0.415. The zero-order valence-corrected chi connectivity index (χ0v) is 13.8. The van der Waals surface area contributed by atoms with Crippen molar-refractivity contribution in [1.29, 1.82) is 0 Å². The summed E-state index contributed by atoms with van der Waals surface area (Å²) in [6.07, 6.45) is 0. The van der Waals surface area contributed by atoms with E-state index in [2.05, 4.69) is 10.3 Å². The monoisotopic (exact) mass is 339 g/mol. The minimum absolute atomic E-state index is 0.213. The van der Waals surface area contributed by atoms with Crippen molar-refractivity contribution in [3.8, 4) is 0 Å². The van der Waals surface area contributed by atoms with Crippen LogP contribution in [-0.2, 0) is 6.54 Å². The number of aromatic nitrogens is 1. The molecule has 1 aromatic heterocycles. The summed E-state index contributed by atoms with van der Waals surface area (Å²) in [7, 11) is 0. The van der Waals surface area contributed by atoms with Crippen molar-refractivity contribution >= 4 is 22.6 Å². The smallest absolute Gasteiger partial charge is 0.322 e. The number of hydrogen-bond acceptors (Lipinski definition) is 2. The van der Waals surface area contributed by atoms with Gasteiger partial charge < -0.3 is 15.2 Å². The molecule has 0 bridgehead atoms. The fourth-order valence-corrected chi connectivity index (χ4v) is 2.71. The highest BCUT2D eigenvalue weighted by atomic mass is 19.1. The number of nitrogens with one attached hydrogen (secondary N) is 2. The molecule has 0 unspecified atom stereocenters. The highest BCUT2D eigenvalue weighted by Gasteiger charge is 2.14. The molecule has 0 atom stereocenters. The number of nitrogens with zero attached hydrogens (tertiary/aromatic N) is 1. The van der Waals surface area contributed by atoms with Gasteiger partial charge in [0, 0.05) is 35.7 Å². The Kier molecular flexibility index (Phi) is 4.79. The second-order valence-corrected chi connectivity index (χ2v) is 5.66. The Bertz CT molecular complexity index is 968. The summed E-state index contributed by atoms with van der Waals surface area (Å²) in [6, 6.07) is 14.3. The van der Waals surface area contributed by atoms with Crippen molar-refractivity contribution in [2.24, 2.45) is 0 Å². The summed E-state index contributed by atoms with van der Waals surface area (Å²) < 4.78 is 13.3. The van der Waals surface area contributed by atoms with Gasteiger partial charge in [-0.3, -0.25) is 4.79 Å². The van der Waals surface area contributed by atoms with Crippen LogP contribution in [0.3, 0.4) is 0 Å². The van der Waals surface area contributed by atoms with Gasteiger partial charge in [0.2, 0.25) is 5.56 Å². The summed E-state index contributed by atoms with van der Waals surface area (Å²) in [6.45, 7) is 2.57. The molecule has 0 saturated carbocycles. The number of carbonyl (C=O) groups is 1. The van der Waals surface area contributed by atoms with Gasteiger partial charge >= 0.3 is 6.03 Å². The van der Waals surface area contributed by atoms with Crippen molar-refractivity contribution in [3.63, 3.8) is 0 Å². The second kappa shape index (κ2) is 7.17. The minimum Gasteiger partial charge on any atom is -0.322 e. The molecule has 0 saturated heterocycles. The van der Waals surface area contributed by atoms with Crippen molar-refractivity contribution in [2.75, 3.05) is 11.9 Å². The maximum absolute atomic E-state index is 13.3. The third kappa shape index (κ3) is 3.85. The number of fused-ring (bicyclic) bond motifs is 1. The average Bonchev–Trinajstić information content (AvgIpc) is 2.59. The van der Waals surface area contributed by atoms with Crippen LogP contribution < -0.4 is 10.9 Å². The zero-order valence-electron chi connectivity index (χ0n) is 13.8. The number of para-hydroxylation sites is 1. The Morgan fingerprint density at radius 3 is 2.72 bits per heavy atom. The van der Waals surface area contributed by atoms with Gasteiger partial charge in [-0.05, 0) is 36.8 Å². The number of halogens is 1. The number of pyridine rings is 1. The molecular weight excluding hydrogens is 321 g/mol. The summed E-state index contributed by atoms with van der Waals surface area (Å²) >= 11 is 0. The molecule has 128 valence electrons. The lowest BCUT2D eigenvalue weighted by molar-refractivity contribution is 0.212. The van der Waals surface area contributed by atoms with E-state index in [-0.39, 0.29) is 18.1 Å². The van der Waals surface area contributed by atoms with E-state index < -0.39 is 5.82 Å². The standard InChI is InChI=1S/C19H18FN3O2/c1-2-23(19(25)21-15-7-5-6-14(20)11-15)12-13-10-18(24)22-17-9-4-3-8-16(13)17/h3-11H,2,12H2,1H3,(H,21,25)(H,22,24). The molecule has 5 nitrogen and oxygen atoms in total. The molecule has 2 N–H and O–H groups in total. The van der Waals surface area contributed by atoms with E-state index >= 15 is 0 Å². The van der Waals surface area contributed by atoms with Crippen molar-refractivity contribution in [3.05, 3.63) is 76.3 Å². The van der Waals surface area contributed by atoms with Crippen molar-refractivity contribution in [1.82, 2.24) is 9.88 Å². The van der Waals surface area contributed by atoms with E-state index in [9.17, 15) is 14.0 Å². The van der Waals surface area contributed by atoms with E-state index in [1.807, 2.05) is 31.2 Å². The molecule has 1 heterocycles. The Hall–Kier alpha value is -3.15. The predicted molar refractivity (Wildman–Crippen MR) is 96.1 cm³/mol. The first kappa shape index (κ1) is 16.7. The maximum Gasteiger partial charge on any atom is 0.322 e. The van der Waals surface area contributed by atoms with E-state index in [0.717, 1.165) is 16.5 Å². The van der Waals surface area contributed by atoms with Crippen molar-refractivity contribution in [2.45, 2.75) is 13.5 Å². The van der Waals surface area contributed by atoms with E-state index in [1.54, 1.807) is 11.0 Å². The highest BCUT2D eigenvalue weighted by Crippen LogP contribution is 2.17. The number of benzene rings is 2. The van der Waals surface area contributed by atoms with Gasteiger partial charge in [0.15, 0.2) is 0 Å². The summed E-state index contributed by atoms with van der Waals surface area (Å²) in [4.78, 5) is 28.7. The van der Waals surface area contributed by atoms with Gasteiger partial charge in [0.1, 0.15) is 5.82 Å². The lowest BCUT2D eigenvalue weighted by Crippen LogP contribution is -2.34. The lowest BCUT2D eigenvalue weighted by Gasteiger charge is -2.22. The van der Waals surface area contributed by atoms with Crippen LogP contribution in [0, 0.1) is 5.82 Å². The molecule has 2 amide bonds. The predicted octanol–water partition coefficient (Wildman–Crippen LogP) is 3.72. The van der Waals surface area contributed by atoms with E-state index in [0.29, 0.717) is 12.2 Å². The van der Waals surface area contributed by atoms with Crippen LogP contribution in [0.5, 0.6) is 0 Å². The zero-order chi connectivity index (χ0) is 17.8. The van der Waals surface area contributed by atoms with E-state index in [4.69, 9.17) is 0 Å². The third-order valence-corrected chi connectivity index (χ3v) is 3.94. The Morgan fingerprint density at radius 1 is 1.16 bits per heavy atom. The summed E-state index contributed by atoms with van der Waals surface area (Å²) in [5.41, 5.74) is 1.66. The number of urea groups is 1. The van der Waals surface area contributed by atoms with Gasteiger partial charge in [-0.1, -0.05) is 24.3 Å². The number of aromatic amines is 1. The number of H-pyrrole nitrogens is 1. The molecule has 3 rings (SSSR count). The van der Waals surface area contributed by atoms with Crippen LogP contribution in [-0.4, -0.2) is 22.5 Å². The molecule has 0 fully saturated rings. The molecular formula is C19H18FN3O2. The van der Waals surface area contributed by atoms with Gasteiger partial charge in [-0.15, -0.1) is 0 Å². The van der Waals surface area contributed by atoms with Crippen LogP contribution in [0.25, 0.3) is 10.9 Å². The largest absolute Gasteiger partial charge is 0.322 e. The van der Waals surface area contributed by atoms with Gasteiger partial charge in [-0.2, -0.15) is 0 Å². The summed E-state index contributed by atoms with van der Waals surface area (Å²) in [5, 5.41) is 3.57. The first-order valence-electron chi connectivity index (χ1n) is 7.99. The molecule has 0 aliphatic heterocycles. The molecule has 25 heavy (non-hydrogen) atoms. The number of hydrogen-bond donors (Lipinski definition) is 2. The van der Waals surface area contributed by atoms with Crippen LogP contribution >= 0.6 is 0 Å². The first-order chi connectivity index (χ1) is 12.1. The maximum atomic E-state index is 13.3. The number of amides is 2. The molecule has 0 aliphatic carbocycles. The quantitative estimate of drug-likeness (QED) is 0.761. The lowest BCUT2D eigenvalue weighted by atomic mass is 10.1. The Balaban J connectivity index is 1.85. The average molecular weight is 339 g/mol. The normalized spacial score (nSPS) is 10.6. The van der Waals surface area contributed by atoms with E-state index in [1.165, 1.54) is 24.3 Å². The Morgan fingerprint density at radius 2 is 1.96 bits per heavy atom. The highest BCUT2D eigenvalue weighted by molar-refractivity contribution is 5.90. The third-order valence-electron chi connectivity index (χ3n) is 3.94. The van der Waals surface area contributed by atoms with Crippen LogP contribution in [0.15, 0.2) is 59.4 Å². The number of rotatable bonds is 4. The van der Waals surface area contributed by atoms with Gasteiger partial charge in [-0.25, -0.2) is 9.18 Å². The SMILES string of the molecule is CCN(Cc1cc(=O)[nH]c2ccccc12)C(=O)Nc1cccc(F)c1. The second-order valence-electron chi connectivity index (χ2n) is 5.66.